The van der Waals surface area contributed by atoms with Crippen molar-refractivity contribution in [1.82, 2.24) is 4.90 Å². The van der Waals surface area contributed by atoms with Crippen LogP contribution in [0.15, 0.2) is 48.5 Å². The smallest absolute Gasteiger partial charge is 0.0995 e. The molecule has 19 heavy (non-hydrogen) atoms. The van der Waals surface area contributed by atoms with Gasteiger partial charge in [-0.15, -0.1) is 0 Å². The van der Waals surface area contributed by atoms with Gasteiger partial charge in [-0.2, -0.15) is 5.26 Å². The number of benzene rings is 2. The standard InChI is InChI=1S/C17H16N2/c1-19-11-10-13-8-5-9-15(12-18)16(13)17(19)14-6-3-2-4-7-14/h2-9,17H,10-11H2,1H3. The Kier molecular flexibility index (Phi) is 3.06. The molecular weight excluding hydrogens is 232 g/mol. The molecule has 3 rings (SSSR count). The Bertz CT molecular complexity index is 625. The van der Waals surface area contributed by atoms with Crippen molar-refractivity contribution in [3.8, 4) is 6.07 Å². The lowest BCUT2D eigenvalue weighted by Gasteiger charge is -2.35. The topological polar surface area (TPSA) is 27.0 Å². The molecule has 1 unspecified atom stereocenters. The molecule has 1 aliphatic rings. The van der Waals surface area contributed by atoms with Gasteiger partial charge in [-0.25, -0.2) is 0 Å². The molecule has 94 valence electrons. The lowest BCUT2D eigenvalue weighted by atomic mass is 9.85. The summed E-state index contributed by atoms with van der Waals surface area (Å²) in [5, 5.41) is 9.38. The number of likely N-dealkylation sites (N-methyl/N-ethyl adjacent to an activating group) is 1. The summed E-state index contributed by atoms with van der Waals surface area (Å²) < 4.78 is 0. The molecule has 0 bridgehead atoms. The minimum atomic E-state index is 0.195. The predicted molar refractivity (Wildman–Crippen MR) is 75.8 cm³/mol. The third-order valence-corrected chi connectivity index (χ3v) is 3.88. The monoisotopic (exact) mass is 248 g/mol. The first-order chi connectivity index (χ1) is 9.31. The Morgan fingerprint density at radius 2 is 1.89 bits per heavy atom. The van der Waals surface area contributed by atoms with Crippen LogP contribution in [-0.4, -0.2) is 18.5 Å². The second kappa shape index (κ2) is 4.87. The third-order valence-electron chi connectivity index (χ3n) is 3.88. The molecule has 0 saturated carbocycles. The average molecular weight is 248 g/mol. The zero-order chi connectivity index (χ0) is 13.2. The maximum absolute atomic E-state index is 9.38. The van der Waals surface area contributed by atoms with Crippen LogP contribution in [0.4, 0.5) is 0 Å². The molecule has 2 aromatic rings. The fraction of sp³-hybridized carbons (Fsp3) is 0.235. The number of hydrogen-bond donors (Lipinski definition) is 0. The number of hydrogen-bond acceptors (Lipinski definition) is 2. The number of fused-ring (bicyclic) bond motifs is 1. The first-order valence-electron chi connectivity index (χ1n) is 6.58. The molecule has 2 nitrogen and oxygen atoms in total. The number of nitrogens with zero attached hydrogens (tertiary/aromatic N) is 2. The molecule has 0 saturated heterocycles. The van der Waals surface area contributed by atoms with Crippen molar-refractivity contribution >= 4 is 0 Å². The minimum Gasteiger partial charge on any atom is -0.295 e. The fourth-order valence-electron chi connectivity index (χ4n) is 2.95. The molecule has 0 aromatic heterocycles. The Labute approximate surface area is 113 Å². The normalized spacial score (nSPS) is 18.6. The third kappa shape index (κ3) is 2.03. The van der Waals surface area contributed by atoms with Crippen molar-refractivity contribution in [2.45, 2.75) is 12.5 Å². The highest BCUT2D eigenvalue weighted by molar-refractivity contribution is 5.49. The van der Waals surface area contributed by atoms with Crippen LogP contribution in [0.5, 0.6) is 0 Å². The highest BCUT2D eigenvalue weighted by atomic mass is 15.1. The van der Waals surface area contributed by atoms with Crippen LogP contribution >= 0.6 is 0 Å². The molecule has 0 fully saturated rings. The van der Waals surface area contributed by atoms with Crippen LogP contribution < -0.4 is 0 Å². The highest BCUT2D eigenvalue weighted by Gasteiger charge is 2.28. The first-order valence-corrected chi connectivity index (χ1v) is 6.58. The summed E-state index contributed by atoms with van der Waals surface area (Å²) in [6, 6.07) is 19.1. The van der Waals surface area contributed by atoms with Crippen LogP contribution in [0.3, 0.4) is 0 Å². The molecule has 2 aromatic carbocycles. The summed E-state index contributed by atoms with van der Waals surface area (Å²) in [5.41, 5.74) is 4.56. The molecule has 0 N–H and O–H groups in total. The van der Waals surface area contributed by atoms with Gasteiger partial charge in [0.15, 0.2) is 0 Å². The highest BCUT2D eigenvalue weighted by Crippen LogP contribution is 2.35. The van der Waals surface area contributed by atoms with Crippen LogP contribution in [0.2, 0.25) is 0 Å². The van der Waals surface area contributed by atoms with Crippen molar-refractivity contribution in [3.05, 3.63) is 70.8 Å². The lowest BCUT2D eigenvalue weighted by Crippen LogP contribution is -2.33. The van der Waals surface area contributed by atoms with Gasteiger partial charge in [0.2, 0.25) is 0 Å². The summed E-state index contributed by atoms with van der Waals surface area (Å²) in [6.07, 6.45) is 1.02. The van der Waals surface area contributed by atoms with Gasteiger partial charge in [-0.3, -0.25) is 4.90 Å². The average Bonchev–Trinajstić information content (AvgIpc) is 2.47. The molecule has 1 aliphatic heterocycles. The Hall–Kier alpha value is -2.11. The predicted octanol–water partition coefficient (Wildman–Crippen LogP) is 3.14. The molecule has 0 radical (unpaired) electrons. The van der Waals surface area contributed by atoms with Crippen molar-refractivity contribution in [1.29, 1.82) is 5.26 Å². The molecule has 1 heterocycles. The van der Waals surface area contributed by atoms with Crippen molar-refractivity contribution in [2.24, 2.45) is 0 Å². The molecule has 1 atom stereocenters. The summed E-state index contributed by atoms with van der Waals surface area (Å²) in [7, 11) is 2.13. The quantitative estimate of drug-likeness (QED) is 0.775. The SMILES string of the molecule is CN1CCc2cccc(C#N)c2C1c1ccccc1. The van der Waals surface area contributed by atoms with E-state index in [0.717, 1.165) is 18.5 Å². The van der Waals surface area contributed by atoms with E-state index < -0.39 is 0 Å². The van der Waals surface area contributed by atoms with Crippen molar-refractivity contribution in [2.75, 3.05) is 13.6 Å². The van der Waals surface area contributed by atoms with E-state index in [0.29, 0.717) is 0 Å². The largest absolute Gasteiger partial charge is 0.295 e. The fourth-order valence-corrected chi connectivity index (χ4v) is 2.95. The van der Waals surface area contributed by atoms with Gasteiger partial charge >= 0.3 is 0 Å². The van der Waals surface area contributed by atoms with Gasteiger partial charge in [0.25, 0.3) is 0 Å². The zero-order valence-electron chi connectivity index (χ0n) is 11.0. The van der Waals surface area contributed by atoms with Crippen LogP contribution in [0, 0.1) is 11.3 Å². The van der Waals surface area contributed by atoms with Crippen LogP contribution in [-0.2, 0) is 6.42 Å². The molecule has 0 aliphatic carbocycles. The maximum Gasteiger partial charge on any atom is 0.0995 e. The summed E-state index contributed by atoms with van der Waals surface area (Å²) in [6.45, 7) is 1.03. The van der Waals surface area contributed by atoms with Crippen molar-refractivity contribution < 1.29 is 0 Å². The van der Waals surface area contributed by atoms with Gasteiger partial charge in [0.05, 0.1) is 17.7 Å². The van der Waals surface area contributed by atoms with Gasteiger partial charge in [-0.05, 0) is 36.2 Å². The van der Waals surface area contributed by atoms with Crippen LogP contribution in [0.1, 0.15) is 28.3 Å². The van der Waals surface area contributed by atoms with Crippen molar-refractivity contribution in [3.63, 3.8) is 0 Å². The second-order valence-corrected chi connectivity index (χ2v) is 5.03. The Balaban J connectivity index is 2.19. The zero-order valence-corrected chi connectivity index (χ0v) is 11.0. The lowest BCUT2D eigenvalue weighted by molar-refractivity contribution is 0.264. The molecule has 0 amide bonds. The van der Waals surface area contributed by atoms with E-state index in [1.54, 1.807) is 0 Å². The molecule has 0 spiro atoms. The van der Waals surface area contributed by atoms with Gasteiger partial charge in [-0.1, -0.05) is 42.5 Å². The maximum atomic E-state index is 9.38. The Morgan fingerprint density at radius 3 is 2.63 bits per heavy atom. The molecule has 2 heteroatoms. The number of rotatable bonds is 1. The van der Waals surface area contributed by atoms with E-state index >= 15 is 0 Å². The number of nitriles is 1. The van der Waals surface area contributed by atoms with E-state index in [9.17, 15) is 5.26 Å². The van der Waals surface area contributed by atoms with E-state index in [4.69, 9.17) is 0 Å². The molecular formula is C17H16N2. The van der Waals surface area contributed by atoms with E-state index in [1.165, 1.54) is 16.7 Å². The van der Waals surface area contributed by atoms with E-state index in [1.807, 2.05) is 18.2 Å². The minimum absolute atomic E-state index is 0.195. The van der Waals surface area contributed by atoms with Gasteiger partial charge < -0.3 is 0 Å². The Morgan fingerprint density at radius 1 is 1.11 bits per heavy atom. The van der Waals surface area contributed by atoms with Gasteiger partial charge in [0.1, 0.15) is 0 Å². The summed E-state index contributed by atoms with van der Waals surface area (Å²) >= 11 is 0. The van der Waals surface area contributed by atoms with Gasteiger partial charge in [0, 0.05) is 6.54 Å². The van der Waals surface area contributed by atoms with E-state index in [-0.39, 0.29) is 6.04 Å². The summed E-state index contributed by atoms with van der Waals surface area (Å²) in [5.74, 6) is 0. The first kappa shape index (κ1) is 12.0. The second-order valence-electron chi connectivity index (χ2n) is 5.03. The van der Waals surface area contributed by atoms with E-state index in [2.05, 4.69) is 48.3 Å². The summed E-state index contributed by atoms with van der Waals surface area (Å²) in [4.78, 5) is 2.33. The van der Waals surface area contributed by atoms with Crippen LogP contribution in [0.25, 0.3) is 0 Å².